The maximum Gasteiger partial charge on any atom is 0.309 e. The third-order valence-electron chi connectivity index (χ3n) is 6.34. The fourth-order valence-corrected chi connectivity index (χ4v) is 5.45. The van der Waals surface area contributed by atoms with Crippen LogP contribution >= 0.6 is 11.8 Å². The second-order valence-corrected chi connectivity index (χ2v) is 9.04. The first-order valence-electron chi connectivity index (χ1n) is 10.3. The number of fused-ring (bicyclic) bond motifs is 1. The Bertz CT molecular complexity index is 880. The molecule has 4 rings (SSSR count). The molecule has 1 aromatic carbocycles. The van der Waals surface area contributed by atoms with E-state index in [-0.39, 0.29) is 42.0 Å². The molecule has 1 saturated carbocycles. The molecular formula is C22H28N4O2S. The van der Waals surface area contributed by atoms with Crippen LogP contribution in [0.3, 0.4) is 0 Å². The number of carbonyl (C=O) groups is 1. The van der Waals surface area contributed by atoms with Gasteiger partial charge < -0.3 is 4.74 Å². The number of aryl methyl sites for hydroxylation is 2. The maximum absolute atomic E-state index is 12.2. The van der Waals surface area contributed by atoms with Crippen LogP contribution in [0.1, 0.15) is 42.5 Å². The Balaban J connectivity index is 1.64. The number of esters is 1. The Morgan fingerprint density at radius 1 is 1.41 bits per heavy atom. The van der Waals surface area contributed by atoms with E-state index in [0.29, 0.717) is 6.61 Å². The number of ether oxygens (including phenoxy) is 1. The summed E-state index contributed by atoms with van der Waals surface area (Å²) < 4.78 is 5.24. The summed E-state index contributed by atoms with van der Waals surface area (Å²) in [6, 6.07) is 9.25. The quantitative estimate of drug-likeness (QED) is 0.764. The molecule has 0 spiro atoms. The first-order valence-corrected chi connectivity index (χ1v) is 11.5. The van der Waals surface area contributed by atoms with E-state index in [4.69, 9.17) is 9.84 Å². The van der Waals surface area contributed by atoms with Crippen molar-refractivity contribution in [2.24, 2.45) is 22.9 Å². The van der Waals surface area contributed by atoms with E-state index < -0.39 is 0 Å². The van der Waals surface area contributed by atoms with Gasteiger partial charge in [-0.3, -0.25) is 15.1 Å². The summed E-state index contributed by atoms with van der Waals surface area (Å²) in [6.07, 6.45) is 3.54. The van der Waals surface area contributed by atoms with Gasteiger partial charge in [0.1, 0.15) is 17.1 Å². The summed E-state index contributed by atoms with van der Waals surface area (Å²) in [7, 11) is 0. The van der Waals surface area contributed by atoms with Crippen molar-refractivity contribution in [3.63, 3.8) is 0 Å². The summed E-state index contributed by atoms with van der Waals surface area (Å²) in [5.74, 6) is -0.140. The fourth-order valence-electron chi connectivity index (χ4n) is 4.84. The Kier molecular flexibility index (Phi) is 5.58. The number of nitriles is 1. The lowest BCUT2D eigenvalue weighted by Gasteiger charge is -2.43. The fraction of sp³-hybridized carbons (Fsp3) is 0.591. The Labute approximate surface area is 176 Å². The molecule has 1 aromatic rings. The van der Waals surface area contributed by atoms with Gasteiger partial charge in [-0.25, -0.2) is 0 Å². The van der Waals surface area contributed by atoms with E-state index in [1.54, 1.807) is 11.8 Å². The predicted molar refractivity (Wildman–Crippen MR) is 114 cm³/mol. The Morgan fingerprint density at radius 2 is 2.21 bits per heavy atom. The second kappa shape index (κ2) is 8.00. The highest BCUT2D eigenvalue weighted by Crippen LogP contribution is 2.49. The van der Waals surface area contributed by atoms with Gasteiger partial charge in [-0.05, 0) is 56.9 Å². The van der Waals surface area contributed by atoms with Gasteiger partial charge in [-0.15, -0.1) is 11.8 Å². The van der Waals surface area contributed by atoms with E-state index in [1.165, 1.54) is 16.7 Å². The smallest absolute Gasteiger partial charge is 0.309 e. The molecule has 2 fully saturated rings. The zero-order chi connectivity index (χ0) is 20.7. The molecule has 6 nitrogen and oxygen atoms in total. The minimum atomic E-state index is -0.291. The van der Waals surface area contributed by atoms with Crippen molar-refractivity contribution in [3.05, 3.63) is 34.9 Å². The van der Waals surface area contributed by atoms with Crippen molar-refractivity contribution in [3.8, 4) is 6.07 Å². The Hall–Kier alpha value is -2.04. The number of hydrogen-bond donors (Lipinski definition) is 1. The minimum Gasteiger partial charge on any atom is -0.466 e. The molecule has 29 heavy (non-hydrogen) atoms. The molecule has 6 unspecified atom stereocenters. The van der Waals surface area contributed by atoms with E-state index >= 15 is 0 Å². The summed E-state index contributed by atoms with van der Waals surface area (Å²) in [5, 5.41) is 21.3. The number of hydrazone groups is 1. The van der Waals surface area contributed by atoms with Gasteiger partial charge in [-0.2, -0.15) is 10.4 Å². The monoisotopic (exact) mass is 412 g/mol. The SMILES string of the molecule is CCOC(=O)C1CC1C1CC(c2ccc(C)cc2C)N2N=C(SC)C(C#N)C2N1. The number of nitrogens with one attached hydrogen (secondary N) is 1. The molecule has 1 saturated heterocycles. The highest BCUT2D eigenvalue weighted by Gasteiger charge is 2.54. The molecule has 1 N–H and O–H groups in total. The van der Waals surface area contributed by atoms with E-state index in [0.717, 1.165) is 17.9 Å². The van der Waals surface area contributed by atoms with Crippen molar-refractivity contribution >= 4 is 22.8 Å². The molecular weight excluding hydrogens is 384 g/mol. The van der Waals surface area contributed by atoms with Gasteiger partial charge in [0.2, 0.25) is 0 Å². The molecule has 0 bridgehead atoms. The largest absolute Gasteiger partial charge is 0.466 e. The van der Waals surface area contributed by atoms with Crippen LogP contribution in [0, 0.1) is 42.9 Å². The first-order chi connectivity index (χ1) is 14.0. The molecule has 154 valence electrons. The third-order valence-corrected chi connectivity index (χ3v) is 7.09. The molecule has 0 aromatic heterocycles. The van der Waals surface area contributed by atoms with Crippen LogP contribution in [0.15, 0.2) is 23.3 Å². The summed E-state index contributed by atoms with van der Waals surface area (Å²) in [5.41, 5.74) is 3.74. The molecule has 6 atom stereocenters. The molecule has 0 amide bonds. The molecule has 0 radical (unpaired) electrons. The zero-order valence-electron chi connectivity index (χ0n) is 17.4. The standard InChI is InChI=1S/C22H28N4O2S/c1-5-28-22(27)16-9-15(16)18-10-19(14-7-6-12(2)8-13(14)3)26-20(24-18)17(11-23)21(25-26)29-4/h6-8,15-20,24H,5,9-10H2,1-4H3. The number of nitrogens with zero attached hydrogens (tertiary/aromatic N) is 3. The van der Waals surface area contributed by atoms with Gasteiger partial charge in [0.05, 0.1) is 24.6 Å². The molecule has 1 aliphatic carbocycles. The average Bonchev–Trinajstić information content (AvgIpc) is 3.42. The van der Waals surface area contributed by atoms with Gasteiger partial charge in [-0.1, -0.05) is 23.8 Å². The van der Waals surface area contributed by atoms with Crippen LogP contribution in [-0.2, 0) is 9.53 Å². The van der Waals surface area contributed by atoms with Crippen molar-refractivity contribution in [1.82, 2.24) is 10.3 Å². The first kappa shape index (κ1) is 20.2. The second-order valence-electron chi connectivity index (χ2n) is 8.22. The number of rotatable bonds is 4. The highest BCUT2D eigenvalue weighted by molar-refractivity contribution is 8.13. The number of hydrogen-bond acceptors (Lipinski definition) is 7. The summed E-state index contributed by atoms with van der Waals surface area (Å²) in [6.45, 7) is 6.51. The Morgan fingerprint density at radius 3 is 2.86 bits per heavy atom. The predicted octanol–water partition coefficient (Wildman–Crippen LogP) is 3.36. The minimum absolute atomic E-state index is 0.0263. The van der Waals surface area contributed by atoms with Crippen LogP contribution in [0.4, 0.5) is 0 Å². The lowest BCUT2D eigenvalue weighted by Crippen LogP contribution is -2.57. The molecule has 7 heteroatoms. The summed E-state index contributed by atoms with van der Waals surface area (Å²) >= 11 is 1.54. The van der Waals surface area contributed by atoms with Crippen molar-refractivity contribution in [2.45, 2.75) is 51.9 Å². The highest BCUT2D eigenvalue weighted by atomic mass is 32.2. The van der Waals surface area contributed by atoms with Crippen LogP contribution in [-0.4, -0.2) is 41.1 Å². The summed E-state index contributed by atoms with van der Waals surface area (Å²) in [4.78, 5) is 12.2. The van der Waals surface area contributed by atoms with Crippen LogP contribution < -0.4 is 5.32 Å². The lowest BCUT2D eigenvalue weighted by molar-refractivity contribution is -0.145. The van der Waals surface area contributed by atoms with Crippen molar-refractivity contribution in [1.29, 1.82) is 5.26 Å². The molecule has 2 heterocycles. The average molecular weight is 413 g/mol. The third kappa shape index (κ3) is 3.64. The number of carbonyl (C=O) groups excluding carboxylic acids is 1. The number of thioether (sulfide) groups is 1. The van der Waals surface area contributed by atoms with Crippen molar-refractivity contribution < 1.29 is 9.53 Å². The topological polar surface area (TPSA) is 77.7 Å². The lowest BCUT2D eigenvalue weighted by atomic mass is 9.88. The van der Waals surface area contributed by atoms with Gasteiger partial charge in [0.15, 0.2) is 0 Å². The maximum atomic E-state index is 12.2. The van der Waals surface area contributed by atoms with E-state index in [1.807, 2.05) is 13.2 Å². The van der Waals surface area contributed by atoms with Crippen LogP contribution in [0.5, 0.6) is 0 Å². The van der Waals surface area contributed by atoms with Crippen LogP contribution in [0.2, 0.25) is 0 Å². The van der Waals surface area contributed by atoms with Crippen LogP contribution in [0.25, 0.3) is 0 Å². The van der Waals surface area contributed by atoms with E-state index in [2.05, 4.69) is 48.4 Å². The van der Waals surface area contributed by atoms with E-state index in [9.17, 15) is 10.1 Å². The normalized spacial score (nSPS) is 32.9. The van der Waals surface area contributed by atoms with Gasteiger partial charge >= 0.3 is 5.97 Å². The van der Waals surface area contributed by atoms with Gasteiger partial charge in [0.25, 0.3) is 0 Å². The zero-order valence-corrected chi connectivity index (χ0v) is 18.2. The molecule has 2 aliphatic heterocycles. The molecule has 3 aliphatic rings. The van der Waals surface area contributed by atoms with Crippen molar-refractivity contribution in [2.75, 3.05) is 12.9 Å². The number of benzene rings is 1. The van der Waals surface area contributed by atoms with Gasteiger partial charge in [0, 0.05) is 6.04 Å².